The lowest BCUT2D eigenvalue weighted by molar-refractivity contribution is 0.309. The third-order valence-corrected chi connectivity index (χ3v) is 3.09. The predicted molar refractivity (Wildman–Crippen MR) is 78.6 cm³/mol. The maximum atomic E-state index is 13.8. The van der Waals surface area contributed by atoms with Crippen LogP contribution < -0.4 is 5.32 Å². The van der Waals surface area contributed by atoms with Crippen LogP contribution in [0.1, 0.15) is 16.8 Å². The molecule has 3 nitrogen and oxygen atoms in total. The molecule has 1 aromatic heterocycles. The first-order chi connectivity index (χ1) is 9.69. The van der Waals surface area contributed by atoms with Crippen LogP contribution in [0.3, 0.4) is 0 Å². The number of pyridine rings is 1. The highest BCUT2D eigenvalue weighted by molar-refractivity contribution is 5.25. The number of hydrogen-bond acceptors (Lipinski definition) is 3. The highest BCUT2D eigenvalue weighted by Crippen LogP contribution is 2.13. The van der Waals surface area contributed by atoms with Gasteiger partial charge in [-0.1, -0.05) is 18.2 Å². The van der Waals surface area contributed by atoms with Crippen LogP contribution in [0, 0.1) is 5.82 Å². The van der Waals surface area contributed by atoms with Gasteiger partial charge in [0.2, 0.25) is 0 Å². The van der Waals surface area contributed by atoms with Crippen LogP contribution in [-0.2, 0) is 19.6 Å². The highest BCUT2D eigenvalue weighted by atomic mass is 19.1. The molecule has 2 aromatic rings. The normalized spacial score (nSPS) is 11.0. The average Bonchev–Trinajstić information content (AvgIpc) is 2.44. The summed E-state index contributed by atoms with van der Waals surface area (Å²) in [5.74, 6) is -0.155. The lowest BCUT2D eigenvalue weighted by Crippen LogP contribution is -2.19. The topological polar surface area (TPSA) is 28.2 Å². The van der Waals surface area contributed by atoms with Crippen molar-refractivity contribution in [3.63, 3.8) is 0 Å². The zero-order valence-corrected chi connectivity index (χ0v) is 11.9. The Bertz CT molecular complexity index is 543. The number of benzene rings is 1. The Morgan fingerprint density at radius 3 is 2.75 bits per heavy atom. The monoisotopic (exact) mass is 273 g/mol. The maximum Gasteiger partial charge on any atom is 0.127 e. The van der Waals surface area contributed by atoms with Crippen LogP contribution in [0.25, 0.3) is 0 Å². The Balaban J connectivity index is 2.03. The van der Waals surface area contributed by atoms with Gasteiger partial charge in [-0.05, 0) is 37.9 Å². The molecule has 0 radical (unpaired) electrons. The quantitative estimate of drug-likeness (QED) is 0.877. The van der Waals surface area contributed by atoms with Crippen LogP contribution in [0.2, 0.25) is 0 Å². The number of aromatic nitrogens is 1. The second-order valence-electron chi connectivity index (χ2n) is 4.95. The van der Waals surface area contributed by atoms with Crippen LogP contribution in [-0.4, -0.2) is 24.0 Å². The minimum atomic E-state index is -0.155. The van der Waals surface area contributed by atoms with Gasteiger partial charge in [0.15, 0.2) is 0 Å². The van der Waals surface area contributed by atoms with Crippen LogP contribution >= 0.6 is 0 Å². The molecule has 106 valence electrons. The summed E-state index contributed by atoms with van der Waals surface area (Å²) in [4.78, 5) is 6.34. The van der Waals surface area contributed by atoms with E-state index in [4.69, 9.17) is 0 Å². The van der Waals surface area contributed by atoms with E-state index in [9.17, 15) is 4.39 Å². The third-order valence-electron chi connectivity index (χ3n) is 3.09. The Morgan fingerprint density at radius 2 is 2.05 bits per heavy atom. The van der Waals surface area contributed by atoms with E-state index in [-0.39, 0.29) is 5.82 Å². The number of hydrogen-bond donors (Lipinski definition) is 1. The Labute approximate surface area is 119 Å². The first-order valence-electron chi connectivity index (χ1n) is 6.69. The van der Waals surface area contributed by atoms with E-state index >= 15 is 0 Å². The molecule has 0 saturated carbocycles. The third kappa shape index (κ3) is 4.11. The van der Waals surface area contributed by atoms with Gasteiger partial charge in [0.05, 0.1) is 5.69 Å². The molecule has 0 atom stereocenters. The summed E-state index contributed by atoms with van der Waals surface area (Å²) in [6.45, 7) is 2.02. The lowest BCUT2D eigenvalue weighted by atomic mass is 10.1. The van der Waals surface area contributed by atoms with E-state index in [0.29, 0.717) is 13.1 Å². The van der Waals surface area contributed by atoms with Crippen molar-refractivity contribution in [3.05, 3.63) is 65.2 Å². The van der Waals surface area contributed by atoms with Crippen molar-refractivity contribution in [2.75, 3.05) is 14.1 Å². The van der Waals surface area contributed by atoms with Gasteiger partial charge in [-0.2, -0.15) is 0 Å². The molecule has 0 fully saturated rings. The molecule has 0 spiro atoms. The molecule has 0 saturated heterocycles. The molecular formula is C16H20FN3. The summed E-state index contributed by atoms with van der Waals surface area (Å²) in [7, 11) is 3.86. The molecule has 0 bridgehead atoms. The van der Waals surface area contributed by atoms with Gasteiger partial charge in [-0.15, -0.1) is 0 Å². The minimum Gasteiger partial charge on any atom is -0.316 e. The summed E-state index contributed by atoms with van der Waals surface area (Å²) in [5.41, 5.74) is 2.80. The number of rotatable bonds is 6. The largest absolute Gasteiger partial charge is 0.316 e. The Kier molecular flexibility index (Phi) is 5.21. The van der Waals surface area contributed by atoms with Crippen LogP contribution in [0.4, 0.5) is 4.39 Å². The van der Waals surface area contributed by atoms with E-state index in [0.717, 1.165) is 23.4 Å². The number of nitrogens with zero attached hydrogens (tertiary/aromatic N) is 2. The molecule has 1 aromatic carbocycles. The van der Waals surface area contributed by atoms with Crippen molar-refractivity contribution in [1.82, 2.24) is 15.2 Å². The van der Waals surface area contributed by atoms with E-state index in [2.05, 4.69) is 15.2 Å². The fraction of sp³-hybridized carbons (Fsp3) is 0.312. The molecule has 0 unspecified atom stereocenters. The average molecular weight is 273 g/mol. The molecular weight excluding hydrogens is 253 g/mol. The molecule has 20 heavy (non-hydrogen) atoms. The molecule has 0 aliphatic rings. The van der Waals surface area contributed by atoms with Crippen molar-refractivity contribution < 1.29 is 4.39 Å². The predicted octanol–water partition coefficient (Wildman–Crippen LogP) is 2.57. The van der Waals surface area contributed by atoms with Gasteiger partial charge >= 0.3 is 0 Å². The fourth-order valence-corrected chi connectivity index (χ4v) is 2.18. The van der Waals surface area contributed by atoms with Crippen LogP contribution in [0.15, 0.2) is 42.6 Å². The van der Waals surface area contributed by atoms with Crippen molar-refractivity contribution in [2.45, 2.75) is 19.6 Å². The van der Waals surface area contributed by atoms with Gasteiger partial charge in [0.25, 0.3) is 0 Å². The van der Waals surface area contributed by atoms with Crippen molar-refractivity contribution >= 4 is 0 Å². The fourth-order valence-electron chi connectivity index (χ4n) is 2.18. The molecule has 0 amide bonds. The first kappa shape index (κ1) is 14.6. The first-order valence-corrected chi connectivity index (χ1v) is 6.69. The summed E-state index contributed by atoms with van der Waals surface area (Å²) in [6.07, 6.45) is 1.78. The summed E-state index contributed by atoms with van der Waals surface area (Å²) in [5, 5.41) is 3.08. The van der Waals surface area contributed by atoms with E-state index in [1.54, 1.807) is 6.20 Å². The van der Waals surface area contributed by atoms with Gasteiger partial charge in [0, 0.05) is 31.4 Å². The Hall–Kier alpha value is -1.78. The zero-order chi connectivity index (χ0) is 14.4. The SMILES string of the molecule is CNCc1ccc(F)c(CN(C)Cc2ccccn2)c1. The summed E-state index contributed by atoms with van der Waals surface area (Å²) < 4.78 is 13.8. The molecule has 2 rings (SSSR count). The van der Waals surface area contributed by atoms with Gasteiger partial charge < -0.3 is 5.32 Å². The lowest BCUT2D eigenvalue weighted by Gasteiger charge is -2.17. The molecule has 1 heterocycles. The van der Waals surface area contributed by atoms with E-state index < -0.39 is 0 Å². The number of halogens is 1. The molecule has 1 N–H and O–H groups in total. The molecule has 4 heteroatoms. The van der Waals surface area contributed by atoms with E-state index in [1.807, 2.05) is 44.4 Å². The standard InChI is InChI=1S/C16H20FN3/c1-18-10-13-6-7-16(17)14(9-13)11-20(2)12-15-5-3-4-8-19-15/h3-9,18H,10-12H2,1-2H3. The zero-order valence-electron chi connectivity index (χ0n) is 11.9. The van der Waals surface area contributed by atoms with Crippen molar-refractivity contribution in [2.24, 2.45) is 0 Å². The highest BCUT2D eigenvalue weighted by Gasteiger charge is 2.08. The summed E-state index contributed by atoms with van der Waals surface area (Å²) in [6, 6.07) is 11.1. The summed E-state index contributed by atoms with van der Waals surface area (Å²) >= 11 is 0. The van der Waals surface area contributed by atoms with Gasteiger partial charge in [-0.3, -0.25) is 9.88 Å². The van der Waals surface area contributed by atoms with E-state index in [1.165, 1.54) is 6.07 Å². The van der Waals surface area contributed by atoms with Crippen molar-refractivity contribution in [1.29, 1.82) is 0 Å². The smallest absolute Gasteiger partial charge is 0.127 e. The van der Waals surface area contributed by atoms with Crippen molar-refractivity contribution in [3.8, 4) is 0 Å². The molecule has 0 aliphatic carbocycles. The van der Waals surface area contributed by atoms with Gasteiger partial charge in [0.1, 0.15) is 5.82 Å². The maximum absolute atomic E-state index is 13.8. The molecule has 0 aliphatic heterocycles. The number of nitrogens with one attached hydrogen (secondary N) is 1. The van der Waals surface area contributed by atoms with Gasteiger partial charge in [-0.25, -0.2) is 4.39 Å². The minimum absolute atomic E-state index is 0.155. The second kappa shape index (κ2) is 7.12. The van der Waals surface area contributed by atoms with Crippen LogP contribution in [0.5, 0.6) is 0 Å². The Morgan fingerprint density at radius 1 is 1.20 bits per heavy atom. The second-order valence-corrected chi connectivity index (χ2v) is 4.95.